The highest BCUT2D eigenvalue weighted by molar-refractivity contribution is 7.89. The van der Waals surface area contributed by atoms with Gasteiger partial charge in [0.25, 0.3) is 15.7 Å². The Morgan fingerprint density at radius 1 is 1.19 bits per heavy atom. The first-order valence-corrected chi connectivity index (χ1v) is 18.5. The van der Waals surface area contributed by atoms with Crippen LogP contribution < -0.4 is 0 Å². The van der Waals surface area contributed by atoms with E-state index in [4.69, 9.17) is 14.0 Å². The molecular weight excluding hydrogens is 578 g/mol. The van der Waals surface area contributed by atoms with Gasteiger partial charge in [-0.05, 0) is 69.3 Å². The van der Waals surface area contributed by atoms with E-state index in [0.717, 1.165) is 28.9 Å². The van der Waals surface area contributed by atoms with Crippen LogP contribution in [0.15, 0.2) is 53.5 Å². The van der Waals surface area contributed by atoms with Gasteiger partial charge in [0, 0.05) is 12.6 Å². The number of sulfonamides is 1. The first-order chi connectivity index (χ1) is 19.3. The van der Waals surface area contributed by atoms with Crippen molar-refractivity contribution in [1.82, 2.24) is 9.37 Å². The lowest BCUT2D eigenvalue weighted by Crippen LogP contribution is -2.57. The molecule has 1 aliphatic heterocycles. The normalized spacial score (nSPS) is 20.3. The van der Waals surface area contributed by atoms with Crippen LogP contribution in [0.3, 0.4) is 0 Å². The summed E-state index contributed by atoms with van der Waals surface area (Å²) in [6.45, 7) is 19.6. The van der Waals surface area contributed by atoms with Gasteiger partial charge in [0.15, 0.2) is 13.2 Å². The second-order valence-electron chi connectivity index (χ2n) is 13.3. The van der Waals surface area contributed by atoms with Gasteiger partial charge in [-0.25, -0.2) is 13.2 Å². The molecule has 0 unspecified atom stereocenters. The fraction of sp³-hybridized carbons (Fsp3) is 0.621. The molecule has 2 aliphatic rings. The van der Waals surface area contributed by atoms with Crippen LogP contribution >= 0.6 is 0 Å². The van der Waals surface area contributed by atoms with E-state index < -0.39 is 57.6 Å². The highest BCUT2D eigenvalue weighted by Crippen LogP contribution is 2.44. The van der Waals surface area contributed by atoms with Crippen LogP contribution in [-0.4, -0.2) is 74.6 Å². The molecule has 13 heteroatoms. The molecule has 0 bridgehead atoms. The average molecular weight is 624 g/mol. The van der Waals surface area contributed by atoms with Gasteiger partial charge in [-0.3, -0.25) is 19.9 Å². The smallest absolute Gasteiger partial charge is 0.410 e. The number of rotatable bonds is 11. The van der Waals surface area contributed by atoms with Crippen molar-refractivity contribution in [3.05, 3.63) is 58.7 Å². The second-order valence-corrected chi connectivity index (χ2v) is 19.9. The van der Waals surface area contributed by atoms with E-state index >= 15 is 0 Å². The van der Waals surface area contributed by atoms with Crippen molar-refractivity contribution >= 4 is 30.1 Å². The van der Waals surface area contributed by atoms with Crippen LogP contribution in [-0.2, 0) is 24.0 Å². The van der Waals surface area contributed by atoms with Gasteiger partial charge >= 0.3 is 6.09 Å². The molecule has 1 fully saturated rings. The van der Waals surface area contributed by atoms with Crippen molar-refractivity contribution in [3.63, 3.8) is 0 Å². The van der Waals surface area contributed by atoms with Crippen molar-refractivity contribution in [2.24, 2.45) is 5.92 Å². The standard InChI is InChI=1S/C29H45N3O8SSi/c1-10-17-38-32(41(36,37)26-14-12-11-13-24(26)31(34)35)22-18-23(21-15-16-21)25(20-39-42(8,9)29(5,6)7)30(19-22)27(33)40-28(2,3)4/h10-14,18,21-22,25H,1,15-17,19-20H2,2-9H3/t22-,25-/m1/s1. The van der Waals surface area contributed by atoms with E-state index in [9.17, 15) is 23.3 Å². The Labute approximate surface area is 250 Å². The number of benzene rings is 1. The number of ether oxygens (including phenoxy) is 1. The number of carbonyl (C=O) groups excluding carboxylic acids is 1. The van der Waals surface area contributed by atoms with Crippen LogP contribution in [0, 0.1) is 16.0 Å². The molecule has 0 N–H and O–H groups in total. The van der Waals surface area contributed by atoms with Gasteiger partial charge in [0.2, 0.25) is 0 Å². The zero-order valence-electron chi connectivity index (χ0n) is 26.0. The number of hydrogen-bond donors (Lipinski definition) is 0. The lowest BCUT2D eigenvalue weighted by atomic mass is 9.94. The molecule has 1 aromatic carbocycles. The molecule has 0 spiro atoms. The molecule has 2 atom stereocenters. The van der Waals surface area contributed by atoms with E-state index in [2.05, 4.69) is 40.4 Å². The van der Waals surface area contributed by atoms with Gasteiger partial charge < -0.3 is 9.16 Å². The summed E-state index contributed by atoms with van der Waals surface area (Å²) >= 11 is 0. The number of para-hydroxylation sites is 1. The van der Waals surface area contributed by atoms with Crippen molar-refractivity contribution in [2.45, 2.75) is 95.1 Å². The Balaban J connectivity index is 2.13. The Morgan fingerprint density at radius 2 is 1.81 bits per heavy atom. The summed E-state index contributed by atoms with van der Waals surface area (Å²) in [5.74, 6) is 0.140. The summed E-state index contributed by atoms with van der Waals surface area (Å²) in [5, 5.41) is 11.7. The van der Waals surface area contributed by atoms with Gasteiger partial charge in [-0.1, -0.05) is 49.5 Å². The minimum absolute atomic E-state index is 0.0573. The third kappa shape index (κ3) is 7.87. The van der Waals surface area contributed by atoms with Gasteiger partial charge in [0.05, 0.1) is 30.2 Å². The summed E-state index contributed by atoms with van der Waals surface area (Å²) in [6, 6.07) is 3.67. The van der Waals surface area contributed by atoms with E-state index in [0.29, 0.717) is 0 Å². The van der Waals surface area contributed by atoms with Crippen molar-refractivity contribution in [2.75, 3.05) is 19.8 Å². The number of amides is 1. The quantitative estimate of drug-likeness (QED) is 0.126. The number of hydrogen-bond acceptors (Lipinski definition) is 8. The van der Waals surface area contributed by atoms with Crippen LogP contribution in [0.2, 0.25) is 18.1 Å². The van der Waals surface area contributed by atoms with E-state index in [1.165, 1.54) is 29.2 Å². The van der Waals surface area contributed by atoms with Crippen LogP contribution in [0.5, 0.6) is 0 Å². The minimum Gasteiger partial charge on any atom is -0.444 e. The molecule has 11 nitrogen and oxygen atoms in total. The molecule has 1 amide bonds. The van der Waals surface area contributed by atoms with Gasteiger partial charge in [0.1, 0.15) is 5.60 Å². The number of hydroxylamine groups is 1. The first-order valence-electron chi connectivity index (χ1n) is 14.2. The Hall–Kier alpha value is -2.58. The number of nitrogens with zero attached hydrogens (tertiary/aromatic N) is 3. The van der Waals surface area contributed by atoms with Crippen molar-refractivity contribution in [1.29, 1.82) is 0 Å². The monoisotopic (exact) mass is 623 g/mol. The molecule has 1 aromatic rings. The Morgan fingerprint density at radius 3 is 2.33 bits per heavy atom. The topological polar surface area (TPSA) is 129 Å². The van der Waals surface area contributed by atoms with Crippen LogP contribution in [0.4, 0.5) is 10.5 Å². The molecule has 0 aromatic heterocycles. The van der Waals surface area contributed by atoms with Crippen molar-refractivity contribution in [3.8, 4) is 0 Å². The molecular formula is C29H45N3O8SSi. The maximum atomic E-state index is 14.0. The third-order valence-corrected chi connectivity index (χ3v) is 14.0. The third-order valence-electron chi connectivity index (χ3n) is 7.78. The Kier molecular flexibility index (Phi) is 10.1. The summed E-state index contributed by atoms with van der Waals surface area (Å²) in [7, 11) is -6.76. The molecule has 1 aliphatic carbocycles. The molecule has 1 heterocycles. The highest BCUT2D eigenvalue weighted by Gasteiger charge is 2.47. The summed E-state index contributed by atoms with van der Waals surface area (Å²) < 4.78 is 41.1. The SMILES string of the molecule is C=CCON([C@@H]1C=C(C2CC2)[C@@H](CO[Si](C)(C)C(C)(C)C)N(C(=O)OC(C)(C)C)C1)S(=O)(=O)c1ccccc1[N+](=O)[O-]. The lowest BCUT2D eigenvalue weighted by Gasteiger charge is -2.44. The summed E-state index contributed by atoms with van der Waals surface area (Å²) in [6.07, 6.45) is 4.39. The first kappa shape index (κ1) is 33.9. The molecule has 234 valence electrons. The fourth-order valence-corrected chi connectivity index (χ4v) is 6.99. The van der Waals surface area contributed by atoms with E-state index in [-0.39, 0.29) is 30.7 Å². The van der Waals surface area contributed by atoms with Gasteiger partial charge in [-0.2, -0.15) is 0 Å². The number of carbonyl (C=O) groups is 1. The van der Waals surface area contributed by atoms with E-state index in [1.54, 1.807) is 20.8 Å². The predicted octanol–water partition coefficient (Wildman–Crippen LogP) is 6.05. The van der Waals surface area contributed by atoms with Gasteiger partial charge in [-0.15, -0.1) is 6.58 Å². The van der Waals surface area contributed by atoms with Crippen LogP contribution in [0.1, 0.15) is 54.4 Å². The zero-order valence-corrected chi connectivity index (χ0v) is 27.8. The molecule has 0 saturated heterocycles. The second kappa shape index (κ2) is 12.6. The Bertz CT molecular complexity index is 1310. The lowest BCUT2D eigenvalue weighted by molar-refractivity contribution is -0.388. The van der Waals surface area contributed by atoms with Crippen LogP contribution in [0.25, 0.3) is 0 Å². The number of nitro benzene ring substituents is 1. The maximum Gasteiger partial charge on any atom is 0.410 e. The van der Waals surface area contributed by atoms with E-state index in [1.807, 2.05) is 6.08 Å². The summed E-state index contributed by atoms with van der Waals surface area (Å²) in [5.41, 5.74) is -0.494. The highest BCUT2D eigenvalue weighted by atomic mass is 32.2. The number of nitro groups is 1. The average Bonchev–Trinajstić information content (AvgIpc) is 3.71. The zero-order chi connectivity index (χ0) is 31.7. The largest absolute Gasteiger partial charge is 0.444 e. The fourth-order valence-electron chi connectivity index (χ4n) is 4.45. The summed E-state index contributed by atoms with van der Waals surface area (Å²) in [4.78, 5) is 31.4. The van der Waals surface area contributed by atoms with Crippen molar-refractivity contribution < 1.29 is 32.1 Å². The maximum absolute atomic E-state index is 14.0. The molecule has 0 radical (unpaired) electrons. The molecule has 3 rings (SSSR count). The predicted molar refractivity (Wildman–Crippen MR) is 163 cm³/mol. The molecule has 1 saturated carbocycles. The minimum atomic E-state index is -4.56. The molecule has 42 heavy (non-hydrogen) atoms.